The number of hydrogen-bond acceptors (Lipinski definition) is 5. The van der Waals surface area contributed by atoms with Gasteiger partial charge in [-0.05, 0) is 63.6 Å². The van der Waals surface area contributed by atoms with E-state index in [0.717, 1.165) is 17.3 Å². The Balaban J connectivity index is 1.77. The number of hydrogen-bond donors (Lipinski definition) is 2. The maximum absolute atomic E-state index is 13.7. The maximum Gasteiger partial charge on any atom is 0.264 e. The molecule has 0 radical (unpaired) electrons. The molecule has 0 saturated carbocycles. The number of primary amides is 1. The molecule has 0 atom stereocenters. The molecule has 1 heterocycles. The summed E-state index contributed by atoms with van der Waals surface area (Å²) in [6, 6.07) is 11.2. The van der Waals surface area contributed by atoms with Crippen molar-refractivity contribution in [1.29, 1.82) is 0 Å². The van der Waals surface area contributed by atoms with Gasteiger partial charge in [0, 0.05) is 0 Å². The average Bonchev–Trinajstić information content (AvgIpc) is 2.95. The second kappa shape index (κ2) is 8.36. The van der Waals surface area contributed by atoms with Crippen molar-refractivity contribution >= 4 is 56.4 Å². The van der Waals surface area contributed by atoms with Gasteiger partial charge in [-0.25, -0.2) is 9.38 Å². The van der Waals surface area contributed by atoms with E-state index in [4.69, 9.17) is 10.5 Å². The average molecular weight is 450 g/mol. The fraction of sp³-hybridized carbons (Fsp3) is 0.0556. The fourth-order valence-corrected chi connectivity index (χ4v) is 3.50. The molecule has 2 aromatic rings. The molecule has 3 rings (SSSR count). The lowest BCUT2D eigenvalue weighted by Crippen LogP contribution is -2.20. The van der Waals surface area contributed by atoms with E-state index in [1.54, 1.807) is 36.4 Å². The molecule has 0 unspecified atom stereocenters. The van der Waals surface area contributed by atoms with Gasteiger partial charge >= 0.3 is 0 Å². The minimum absolute atomic E-state index is 0.153. The minimum atomic E-state index is -0.575. The molecule has 2 aromatic carbocycles. The highest BCUT2D eigenvalue weighted by Crippen LogP contribution is 2.31. The van der Waals surface area contributed by atoms with Crippen molar-refractivity contribution in [3.8, 4) is 5.75 Å². The number of nitrogens with zero attached hydrogens (tertiary/aromatic N) is 1. The van der Waals surface area contributed by atoms with Crippen molar-refractivity contribution in [3.63, 3.8) is 0 Å². The number of amides is 2. The van der Waals surface area contributed by atoms with E-state index in [1.165, 1.54) is 12.1 Å². The summed E-state index contributed by atoms with van der Waals surface area (Å²) in [6.07, 6.45) is 1.67. The van der Waals surface area contributed by atoms with E-state index in [9.17, 15) is 14.0 Å². The third-order valence-corrected chi connectivity index (χ3v) is 4.88. The first-order chi connectivity index (χ1) is 12.9. The lowest BCUT2D eigenvalue weighted by molar-refractivity contribution is -0.120. The van der Waals surface area contributed by atoms with Crippen LogP contribution in [0.5, 0.6) is 5.75 Å². The Morgan fingerprint density at radius 1 is 1.33 bits per heavy atom. The maximum atomic E-state index is 13.7. The first-order valence-corrected chi connectivity index (χ1v) is 9.28. The Morgan fingerprint density at radius 3 is 2.81 bits per heavy atom. The molecule has 1 saturated heterocycles. The number of amidine groups is 1. The predicted octanol–water partition coefficient (Wildman–Crippen LogP) is 3.34. The van der Waals surface area contributed by atoms with Crippen LogP contribution in [0, 0.1) is 5.82 Å². The zero-order valence-electron chi connectivity index (χ0n) is 13.7. The molecule has 27 heavy (non-hydrogen) atoms. The Labute approximate surface area is 166 Å². The SMILES string of the molecule is NC(=O)COc1ccc(/C=C2\SC(=Nc3ccccc3F)NC2=O)cc1Br. The number of aliphatic imine (C=N–C) groups is 1. The molecule has 9 heteroatoms. The van der Waals surface area contributed by atoms with Crippen molar-refractivity contribution < 1.29 is 18.7 Å². The zero-order chi connectivity index (χ0) is 19.4. The van der Waals surface area contributed by atoms with E-state index in [0.29, 0.717) is 20.3 Å². The van der Waals surface area contributed by atoms with Crippen LogP contribution in [0.15, 0.2) is 56.8 Å². The molecule has 1 aliphatic heterocycles. The lowest BCUT2D eigenvalue weighted by atomic mass is 10.2. The molecule has 6 nitrogen and oxygen atoms in total. The Bertz CT molecular complexity index is 978. The number of halogens is 2. The van der Waals surface area contributed by atoms with Crippen LogP contribution in [-0.4, -0.2) is 23.6 Å². The van der Waals surface area contributed by atoms with E-state index in [-0.39, 0.29) is 18.2 Å². The molecule has 0 spiro atoms. The van der Waals surface area contributed by atoms with Gasteiger partial charge in [-0.15, -0.1) is 0 Å². The van der Waals surface area contributed by atoms with E-state index in [2.05, 4.69) is 26.2 Å². The highest BCUT2D eigenvalue weighted by molar-refractivity contribution is 9.10. The second-order valence-corrected chi connectivity index (χ2v) is 7.26. The summed E-state index contributed by atoms with van der Waals surface area (Å²) >= 11 is 4.46. The molecule has 0 aliphatic carbocycles. The number of nitrogens with one attached hydrogen (secondary N) is 1. The van der Waals surface area contributed by atoms with E-state index < -0.39 is 11.7 Å². The number of rotatable bonds is 5. The molecule has 1 fully saturated rings. The summed E-state index contributed by atoms with van der Waals surface area (Å²) in [4.78, 5) is 27.5. The van der Waals surface area contributed by atoms with Gasteiger partial charge in [-0.1, -0.05) is 18.2 Å². The Hall–Kier alpha value is -2.65. The van der Waals surface area contributed by atoms with E-state index in [1.807, 2.05) is 0 Å². The Kier molecular flexibility index (Phi) is 5.92. The van der Waals surface area contributed by atoms with Crippen molar-refractivity contribution in [1.82, 2.24) is 5.32 Å². The standard InChI is InChI=1S/C18H13BrFN3O3S/c19-11-7-10(5-6-14(11)26-9-16(21)24)8-15-17(25)23-18(27-15)22-13-4-2-1-3-12(13)20/h1-8H,9H2,(H2,21,24)(H,22,23,25)/b15-8-. The van der Waals surface area contributed by atoms with Gasteiger partial charge in [0.05, 0.1) is 9.38 Å². The van der Waals surface area contributed by atoms with Crippen LogP contribution in [-0.2, 0) is 9.59 Å². The molecular weight excluding hydrogens is 437 g/mol. The summed E-state index contributed by atoms with van der Waals surface area (Å²) < 4.78 is 19.6. The number of benzene rings is 2. The summed E-state index contributed by atoms with van der Waals surface area (Å²) in [5.74, 6) is -0.900. The van der Waals surface area contributed by atoms with Gasteiger partial charge < -0.3 is 15.8 Å². The van der Waals surface area contributed by atoms with Crippen LogP contribution >= 0.6 is 27.7 Å². The number of nitrogens with two attached hydrogens (primary N) is 1. The zero-order valence-corrected chi connectivity index (χ0v) is 16.1. The largest absolute Gasteiger partial charge is 0.483 e. The third-order valence-electron chi connectivity index (χ3n) is 3.35. The molecule has 0 aromatic heterocycles. The summed E-state index contributed by atoms with van der Waals surface area (Å²) in [5, 5.41) is 2.91. The number of thioether (sulfide) groups is 1. The smallest absolute Gasteiger partial charge is 0.264 e. The number of carbonyl (C=O) groups excluding carboxylic acids is 2. The fourth-order valence-electron chi connectivity index (χ4n) is 2.16. The summed E-state index contributed by atoms with van der Waals surface area (Å²) in [5.41, 5.74) is 5.94. The number of para-hydroxylation sites is 1. The summed E-state index contributed by atoms with van der Waals surface area (Å²) in [6.45, 7) is -0.229. The van der Waals surface area contributed by atoms with Crippen LogP contribution in [0.3, 0.4) is 0 Å². The van der Waals surface area contributed by atoms with Crippen molar-refractivity contribution in [2.45, 2.75) is 0 Å². The lowest BCUT2D eigenvalue weighted by Gasteiger charge is -2.06. The molecule has 1 aliphatic rings. The molecule has 2 amide bonds. The molecule has 0 bridgehead atoms. The number of ether oxygens (including phenoxy) is 1. The minimum Gasteiger partial charge on any atom is -0.483 e. The van der Waals surface area contributed by atoms with Crippen LogP contribution in [0.2, 0.25) is 0 Å². The third kappa shape index (κ3) is 4.95. The van der Waals surface area contributed by atoms with Crippen LogP contribution in [0.4, 0.5) is 10.1 Å². The molecule has 138 valence electrons. The Morgan fingerprint density at radius 2 is 2.11 bits per heavy atom. The first-order valence-electron chi connectivity index (χ1n) is 7.67. The van der Waals surface area contributed by atoms with Crippen LogP contribution in [0.1, 0.15) is 5.56 Å². The quantitative estimate of drug-likeness (QED) is 0.684. The van der Waals surface area contributed by atoms with Gasteiger partial charge in [0.25, 0.3) is 11.8 Å². The second-order valence-electron chi connectivity index (χ2n) is 5.38. The van der Waals surface area contributed by atoms with Crippen LogP contribution in [0.25, 0.3) is 6.08 Å². The normalized spacial score (nSPS) is 16.6. The molecular formula is C18H13BrFN3O3S. The number of carbonyl (C=O) groups is 2. The van der Waals surface area contributed by atoms with Crippen molar-refractivity contribution in [2.24, 2.45) is 10.7 Å². The van der Waals surface area contributed by atoms with E-state index >= 15 is 0 Å². The van der Waals surface area contributed by atoms with Gasteiger partial charge in [0.15, 0.2) is 11.8 Å². The monoisotopic (exact) mass is 449 g/mol. The van der Waals surface area contributed by atoms with Gasteiger partial charge in [-0.3, -0.25) is 9.59 Å². The van der Waals surface area contributed by atoms with Crippen molar-refractivity contribution in [3.05, 3.63) is 63.2 Å². The highest BCUT2D eigenvalue weighted by Gasteiger charge is 2.24. The summed E-state index contributed by atoms with van der Waals surface area (Å²) in [7, 11) is 0. The van der Waals surface area contributed by atoms with Gasteiger partial charge in [0.2, 0.25) is 0 Å². The van der Waals surface area contributed by atoms with Crippen LogP contribution < -0.4 is 15.8 Å². The van der Waals surface area contributed by atoms with Gasteiger partial charge in [-0.2, -0.15) is 0 Å². The van der Waals surface area contributed by atoms with Gasteiger partial charge in [0.1, 0.15) is 17.3 Å². The predicted molar refractivity (Wildman–Crippen MR) is 106 cm³/mol. The highest BCUT2D eigenvalue weighted by atomic mass is 79.9. The topological polar surface area (TPSA) is 93.8 Å². The first kappa shape index (κ1) is 19.1. The molecule has 3 N–H and O–H groups in total. The van der Waals surface area contributed by atoms with Crippen molar-refractivity contribution in [2.75, 3.05) is 6.61 Å².